The molecule has 0 aromatic heterocycles. The van der Waals surface area contributed by atoms with Crippen molar-refractivity contribution in [3.8, 4) is 0 Å². The van der Waals surface area contributed by atoms with Crippen LogP contribution in [0.3, 0.4) is 0 Å². The summed E-state index contributed by atoms with van der Waals surface area (Å²) in [6, 6.07) is 8.86. The number of para-hydroxylation sites is 1. The van der Waals surface area contributed by atoms with Crippen LogP contribution < -0.4 is 10.6 Å². The largest absolute Gasteiger partial charge is 0.481 e. The Morgan fingerprint density at radius 3 is 2.13 bits per heavy atom. The van der Waals surface area contributed by atoms with E-state index in [4.69, 9.17) is 0 Å². The Kier molecular flexibility index (Phi) is 7.90. The molecule has 3 rings (SSSR count). The number of carbonyl (C=O) groups excluding carboxylic acids is 2. The number of amides is 2. The maximum absolute atomic E-state index is 13.2. The summed E-state index contributed by atoms with van der Waals surface area (Å²) in [5.41, 5.74) is -2.90. The number of carbonyl (C=O) groups is 4. The van der Waals surface area contributed by atoms with Crippen LogP contribution in [-0.4, -0.2) is 40.0 Å². The molecule has 1 aliphatic carbocycles. The summed E-state index contributed by atoms with van der Waals surface area (Å²) >= 11 is 0. The molecule has 1 aliphatic rings. The van der Waals surface area contributed by atoms with Crippen LogP contribution >= 0.6 is 0 Å². The van der Waals surface area contributed by atoms with Crippen molar-refractivity contribution >= 4 is 29.4 Å². The second-order valence-corrected chi connectivity index (χ2v) is 10.2. The monoisotopic (exact) mass is 534 g/mol. The minimum atomic E-state index is -4.65. The van der Waals surface area contributed by atoms with Crippen molar-refractivity contribution in [2.75, 3.05) is 5.32 Å². The molecule has 0 radical (unpaired) electrons. The van der Waals surface area contributed by atoms with Gasteiger partial charge in [0.1, 0.15) is 6.04 Å². The molecule has 0 aliphatic heterocycles. The summed E-state index contributed by atoms with van der Waals surface area (Å²) in [7, 11) is 0. The summed E-state index contributed by atoms with van der Waals surface area (Å²) in [6.45, 7) is 4.95. The Morgan fingerprint density at radius 1 is 1.00 bits per heavy atom. The minimum Gasteiger partial charge on any atom is -0.481 e. The molecular weight excluding hydrogens is 505 g/mol. The van der Waals surface area contributed by atoms with E-state index in [-0.39, 0.29) is 18.4 Å². The molecule has 2 aromatic rings. The van der Waals surface area contributed by atoms with Crippen molar-refractivity contribution in [2.24, 2.45) is 16.7 Å². The second-order valence-electron chi connectivity index (χ2n) is 10.2. The molecule has 8 nitrogen and oxygen atoms in total. The van der Waals surface area contributed by atoms with E-state index >= 15 is 0 Å². The SMILES string of the molecule is CC1(C)[C@@H](C(=O)N[C@@H](Cc2ccc(C(=O)Nc3ccccc3C(F)(F)F)cc2)C(=O)O)CC[C@@]1(C)C(=O)O. The van der Waals surface area contributed by atoms with Gasteiger partial charge in [-0.25, -0.2) is 4.79 Å². The van der Waals surface area contributed by atoms with Gasteiger partial charge in [0, 0.05) is 17.9 Å². The zero-order valence-corrected chi connectivity index (χ0v) is 21.1. The van der Waals surface area contributed by atoms with E-state index < -0.39 is 64.0 Å². The van der Waals surface area contributed by atoms with E-state index in [0.29, 0.717) is 12.0 Å². The zero-order valence-electron chi connectivity index (χ0n) is 21.1. The number of halogens is 3. The van der Waals surface area contributed by atoms with Gasteiger partial charge in [-0.2, -0.15) is 13.2 Å². The lowest BCUT2D eigenvalue weighted by Crippen LogP contribution is -2.49. The van der Waals surface area contributed by atoms with Crippen LogP contribution in [-0.2, 0) is 27.0 Å². The minimum absolute atomic E-state index is 0.0577. The Balaban J connectivity index is 1.69. The molecule has 0 bridgehead atoms. The van der Waals surface area contributed by atoms with Gasteiger partial charge in [-0.15, -0.1) is 0 Å². The molecule has 0 spiro atoms. The van der Waals surface area contributed by atoms with Gasteiger partial charge in [0.25, 0.3) is 5.91 Å². The van der Waals surface area contributed by atoms with E-state index in [1.54, 1.807) is 20.8 Å². The molecule has 2 amide bonds. The van der Waals surface area contributed by atoms with Crippen LogP contribution in [0, 0.1) is 16.7 Å². The maximum atomic E-state index is 13.2. The van der Waals surface area contributed by atoms with E-state index in [9.17, 15) is 42.6 Å². The molecule has 1 fully saturated rings. The Bertz CT molecular complexity index is 1240. The summed E-state index contributed by atoms with van der Waals surface area (Å²) in [5.74, 6) is -4.33. The van der Waals surface area contributed by atoms with Crippen molar-refractivity contribution in [1.82, 2.24) is 5.32 Å². The molecule has 3 atom stereocenters. The van der Waals surface area contributed by atoms with Crippen molar-refractivity contribution < 1.29 is 42.6 Å². The van der Waals surface area contributed by atoms with Crippen LogP contribution in [0.1, 0.15) is 55.1 Å². The highest BCUT2D eigenvalue weighted by molar-refractivity contribution is 6.04. The first-order valence-electron chi connectivity index (χ1n) is 11.9. The molecule has 204 valence electrons. The fraction of sp³-hybridized carbons (Fsp3) is 0.407. The van der Waals surface area contributed by atoms with Gasteiger partial charge in [0.15, 0.2) is 0 Å². The van der Waals surface area contributed by atoms with Crippen molar-refractivity contribution in [3.63, 3.8) is 0 Å². The van der Waals surface area contributed by atoms with Gasteiger partial charge in [0.2, 0.25) is 5.91 Å². The van der Waals surface area contributed by atoms with Crippen LogP contribution in [0.5, 0.6) is 0 Å². The van der Waals surface area contributed by atoms with Crippen LogP contribution in [0.15, 0.2) is 48.5 Å². The molecular formula is C27H29F3N2O6. The van der Waals surface area contributed by atoms with Gasteiger partial charge in [-0.1, -0.05) is 38.1 Å². The fourth-order valence-corrected chi connectivity index (χ4v) is 4.88. The predicted octanol–water partition coefficient (Wildman–Crippen LogP) is 4.60. The first-order valence-corrected chi connectivity index (χ1v) is 11.9. The summed E-state index contributed by atoms with van der Waals surface area (Å²) in [5, 5.41) is 24.1. The number of anilines is 1. The number of hydrogen-bond donors (Lipinski definition) is 4. The first kappa shape index (κ1) is 28.7. The number of carboxylic acids is 2. The standard InChI is InChI=1S/C27H29F3N2O6/c1-25(2)18(12-13-26(25,3)24(37)38)22(34)32-20(23(35)36)14-15-8-10-16(11-9-15)21(33)31-19-7-5-4-6-17(19)27(28,29)30/h4-11,18,20H,12-14H2,1-3H3,(H,31,33)(H,32,34)(H,35,36)(H,37,38)/t18-,20+,26+/m1/s1. The second kappa shape index (κ2) is 10.5. The number of alkyl halides is 3. The van der Waals surface area contributed by atoms with E-state index in [1.807, 2.05) is 0 Å². The third kappa shape index (κ3) is 5.66. The number of carboxylic acid groups (broad SMARTS) is 2. The smallest absolute Gasteiger partial charge is 0.418 e. The maximum Gasteiger partial charge on any atom is 0.418 e. The predicted molar refractivity (Wildman–Crippen MR) is 131 cm³/mol. The van der Waals surface area contributed by atoms with Crippen molar-refractivity contribution in [2.45, 2.75) is 52.3 Å². The third-order valence-electron chi connectivity index (χ3n) is 7.77. The quantitative estimate of drug-likeness (QED) is 0.391. The fourth-order valence-electron chi connectivity index (χ4n) is 4.88. The van der Waals surface area contributed by atoms with Crippen LogP contribution in [0.4, 0.5) is 18.9 Å². The van der Waals surface area contributed by atoms with Crippen molar-refractivity contribution in [1.29, 1.82) is 0 Å². The first-order chi connectivity index (χ1) is 17.6. The average molecular weight is 535 g/mol. The molecule has 0 heterocycles. The molecule has 1 saturated carbocycles. The average Bonchev–Trinajstić information content (AvgIpc) is 3.08. The molecule has 38 heavy (non-hydrogen) atoms. The molecule has 2 aromatic carbocycles. The Morgan fingerprint density at radius 2 is 1.61 bits per heavy atom. The van der Waals surface area contributed by atoms with Crippen LogP contribution in [0.2, 0.25) is 0 Å². The van der Waals surface area contributed by atoms with E-state index in [0.717, 1.165) is 12.1 Å². The van der Waals surface area contributed by atoms with Gasteiger partial charge >= 0.3 is 18.1 Å². The Hall–Kier alpha value is -3.89. The summed E-state index contributed by atoms with van der Waals surface area (Å²) in [4.78, 5) is 49.2. The van der Waals surface area contributed by atoms with Crippen molar-refractivity contribution in [3.05, 3.63) is 65.2 Å². The number of hydrogen-bond acceptors (Lipinski definition) is 4. The van der Waals surface area contributed by atoms with E-state index in [2.05, 4.69) is 10.6 Å². The van der Waals surface area contributed by atoms with Gasteiger partial charge < -0.3 is 20.8 Å². The van der Waals surface area contributed by atoms with Crippen LogP contribution in [0.25, 0.3) is 0 Å². The highest BCUT2D eigenvalue weighted by Gasteiger charge is 2.58. The molecule has 0 unspecified atom stereocenters. The topological polar surface area (TPSA) is 133 Å². The molecule has 0 saturated heterocycles. The molecule has 11 heteroatoms. The lowest BCUT2D eigenvalue weighted by molar-refractivity contribution is -0.155. The highest BCUT2D eigenvalue weighted by Crippen LogP contribution is 2.56. The zero-order chi connectivity index (χ0) is 28.5. The van der Waals surface area contributed by atoms with Gasteiger partial charge in [-0.05, 0) is 55.0 Å². The lowest BCUT2D eigenvalue weighted by atomic mass is 9.65. The molecule has 4 N–H and O–H groups in total. The van der Waals surface area contributed by atoms with Gasteiger partial charge in [0.05, 0.1) is 16.7 Å². The Labute approximate surface area is 217 Å². The normalized spacial score (nSPS) is 21.4. The lowest BCUT2D eigenvalue weighted by Gasteiger charge is -2.38. The number of benzene rings is 2. The number of nitrogens with one attached hydrogen (secondary N) is 2. The third-order valence-corrected chi connectivity index (χ3v) is 7.77. The number of aliphatic carboxylic acids is 2. The summed E-state index contributed by atoms with van der Waals surface area (Å²) in [6.07, 6.45) is -4.19. The van der Waals surface area contributed by atoms with Gasteiger partial charge in [-0.3, -0.25) is 14.4 Å². The highest BCUT2D eigenvalue weighted by atomic mass is 19.4. The number of rotatable bonds is 8. The summed E-state index contributed by atoms with van der Waals surface area (Å²) < 4.78 is 39.6. The van der Waals surface area contributed by atoms with E-state index in [1.165, 1.54) is 36.4 Å².